The molecule has 4 heteroatoms. The van der Waals surface area contributed by atoms with Crippen LogP contribution in [0.15, 0.2) is 24.3 Å². The van der Waals surface area contributed by atoms with Crippen LogP contribution in [0, 0.1) is 5.92 Å². The van der Waals surface area contributed by atoms with Gasteiger partial charge in [-0.2, -0.15) is 13.2 Å². The molecule has 1 rings (SSSR count). The summed E-state index contributed by atoms with van der Waals surface area (Å²) >= 11 is 0. The van der Waals surface area contributed by atoms with E-state index in [9.17, 15) is 13.2 Å². The molecule has 1 N–H and O–H groups in total. The van der Waals surface area contributed by atoms with Crippen molar-refractivity contribution < 1.29 is 13.2 Å². The maximum atomic E-state index is 12.5. The number of hydrogen-bond donors (Lipinski definition) is 1. The third kappa shape index (κ3) is 6.51. The van der Waals surface area contributed by atoms with E-state index in [2.05, 4.69) is 26.1 Å². The molecule has 0 spiro atoms. The van der Waals surface area contributed by atoms with Crippen molar-refractivity contribution in [2.24, 2.45) is 5.92 Å². The predicted molar refractivity (Wildman–Crippen MR) is 81.1 cm³/mol. The molecule has 0 aliphatic carbocycles. The smallest absolute Gasteiger partial charge is 0.308 e. The SMILES string of the molecule is CC(C)CCCC(C)NC(C)c1ccc(C(F)(F)F)cc1. The average Bonchev–Trinajstić information content (AvgIpc) is 2.37. The van der Waals surface area contributed by atoms with Crippen molar-refractivity contribution in [3.8, 4) is 0 Å². The van der Waals surface area contributed by atoms with Crippen molar-refractivity contribution >= 4 is 0 Å². The molecule has 120 valence electrons. The Kier molecular flexibility index (Phi) is 6.72. The molecule has 1 nitrogen and oxygen atoms in total. The van der Waals surface area contributed by atoms with Crippen LogP contribution in [-0.2, 0) is 6.18 Å². The molecule has 0 saturated heterocycles. The van der Waals surface area contributed by atoms with Gasteiger partial charge in [0.25, 0.3) is 0 Å². The van der Waals surface area contributed by atoms with Gasteiger partial charge in [0.2, 0.25) is 0 Å². The molecule has 0 aromatic heterocycles. The molecule has 2 atom stereocenters. The molecule has 0 fully saturated rings. The maximum absolute atomic E-state index is 12.5. The monoisotopic (exact) mass is 301 g/mol. The number of nitrogens with one attached hydrogen (secondary N) is 1. The summed E-state index contributed by atoms with van der Waals surface area (Å²) in [7, 11) is 0. The van der Waals surface area contributed by atoms with Crippen LogP contribution < -0.4 is 5.32 Å². The van der Waals surface area contributed by atoms with Gasteiger partial charge in [-0.25, -0.2) is 0 Å². The van der Waals surface area contributed by atoms with Gasteiger partial charge in [0.15, 0.2) is 0 Å². The zero-order chi connectivity index (χ0) is 16.0. The van der Waals surface area contributed by atoms with Gasteiger partial charge in [-0.3, -0.25) is 0 Å². The van der Waals surface area contributed by atoms with E-state index in [0.717, 1.165) is 24.1 Å². The third-order valence-corrected chi connectivity index (χ3v) is 3.69. The van der Waals surface area contributed by atoms with E-state index >= 15 is 0 Å². The Hall–Kier alpha value is -1.03. The summed E-state index contributed by atoms with van der Waals surface area (Å²) in [5.41, 5.74) is 0.294. The highest BCUT2D eigenvalue weighted by molar-refractivity contribution is 5.26. The lowest BCUT2D eigenvalue weighted by atomic mass is 10.0. The van der Waals surface area contributed by atoms with E-state index in [4.69, 9.17) is 0 Å². The molecule has 0 aliphatic rings. The highest BCUT2D eigenvalue weighted by atomic mass is 19.4. The van der Waals surface area contributed by atoms with E-state index in [0.29, 0.717) is 12.0 Å². The predicted octanol–water partition coefficient (Wildman–Crippen LogP) is 5.57. The first kappa shape index (κ1) is 18.0. The zero-order valence-corrected chi connectivity index (χ0v) is 13.3. The van der Waals surface area contributed by atoms with Crippen molar-refractivity contribution in [1.29, 1.82) is 0 Å². The summed E-state index contributed by atoms with van der Waals surface area (Å²) in [5, 5.41) is 3.45. The van der Waals surface area contributed by atoms with Crippen LogP contribution in [0.3, 0.4) is 0 Å². The topological polar surface area (TPSA) is 12.0 Å². The Labute approximate surface area is 125 Å². The molecule has 0 aliphatic heterocycles. The van der Waals surface area contributed by atoms with Crippen molar-refractivity contribution in [2.45, 2.75) is 65.2 Å². The fraction of sp³-hybridized carbons (Fsp3) is 0.647. The second-order valence-corrected chi connectivity index (χ2v) is 6.23. The van der Waals surface area contributed by atoms with Crippen molar-refractivity contribution in [1.82, 2.24) is 5.32 Å². The molecule has 1 aromatic rings. The van der Waals surface area contributed by atoms with Crippen LogP contribution in [0.5, 0.6) is 0 Å². The molecule has 2 unspecified atom stereocenters. The maximum Gasteiger partial charge on any atom is 0.416 e. The summed E-state index contributed by atoms with van der Waals surface area (Å²) in [6, 6.07) is 5.83. The van der Waals surface area contributed by atoms with E-state index in [1.807, 2.05) is 6.92 Å². The standard InChI is InChI=1S/C17H26F3N/c1-12(2)6-5-7-13(3)21-14(4)15-8-10-16(11-9-15)17(18,19)20/h8-14,21H,5-7H2,1-4H3. The fourth-order valence-electron chi connectivity index (χ4n) is 2.40. The van der Waals surface area contributed by atoms with Gasteiger partial charge in [-0.15, -0.1) is 0 Å². The summed E-state index contributed by atoms with van der Waals surface area (Å²) in [6.07, 6.45) is -0.797. The Morgan fingerprint density at radius 3 is 2.00 bits per heavy atom. The molecule has 21 heavy (non-hydrogen) atoms. The minimum atomic E-state index is -4.26. The summed E-state index contributed by atoms with van der Waals surface area (Å²) < 4.78 is 37.6. The number of alkyl halides is 3. The molecule has 1 aromatic carbocycles. The summed E-state index contributed by atoms with van der Waals surface area (Å²) in [6.45, 7) is 8.54. The number of benzene rings is 1. The minimum absolute atomic E-state index is 0.0568. The average molecular weight is 301 g/mol. The van der Waals surface area contributed by atoms with Gasteiger partial charge >= 0.3 is 6.18 Å². The van der Waals surface area contributed by atoms with E-state index in [1.165, 1.54) is 12.8 Å². The van der Waals surface area contributed by atoms with Gasteiger partial charge in [0, 0.05) is 12.1 Å². The van der Waals surface area contributed by atoms with Crippen LogP contribution >= 0.6 is 0 Å². The minimum Gasteiger partial charge on any atom is -0.308 e. The van der Waals surface area contributed by atoms with Crippen molar-refractivity contribution in [3.63, 3.8) is 0 Å². The Morgan fingerprint density at radius 2 is 1.52 bits per heavy atom. The highest BCUT2D eigenvalue weighted by Gasteiger charge is 2.30. The van der Waals surface area contributed by atoms with Crippen LogP contribution in [0.1, 0.15) is 64.1 Å². The van der Waals surface area contributed by atoms with Gasteiger partial charge in [-0.05, 0) is 43.9 Å². The van der Waals surface area contributed by atoms with E-state index in [-0.39, 0.29) is 6.04 Å². The molecular weight excluding hydrogens is 275 g/mol. The number of hydrogen-bond acceptors (Lipinski definition) is 1. The number of rotatable bonds is 7. The largest absolute Gasteiger partial charge is 0.416 e. The lowest BCUT2D eigenvalue weighted by Crippen LogP contribution is -2.29. The summed E-state index contributed by atoms with van der Waals surface area (Å²) in [4.78, 5) is 0. The van der Waals surface area contributed by atoms with Gasteiger partial charge in [-0.1, -0.05) is 38.8 Å². The highest BCUT2D eigenvalue weighted by Crippen LogP contribution is 2.30. The molecule has 0 bridgehead atoms. The first-order chi connectivity index (χ1) is 9.70. The Balaban J connectivity index is 2.49. The summed E-state index contributed by atoms with van der Waals surface area (Å²) in [5.74, 6) is 0.713. The quantitative estimate of drug-likeness (QED) is 0.694. The van der Waals surface area contributed by atoms with Crippen LogP contribution in [0.25, 0.3) is 0 Å². The first-order valence-electron chi connectivity index (χ1n) is 7.63. The van der Waals surface area contributed by atoms with Crippen molar-refractivity contribution in [2.75, 3.05) is 0 Å². The molecule has 0 saturated carbocycles. The van der Waals surface area contributed by atoms with E-state index < -0.39 is 11.7 Å². The number of halogens is 3. The molecular formula is C17H26F3N. The second-order valence-electron chi connectivity index (χ2n) is 6.23. The molecule has 0 radical (unpaired) electrons. The fourth-order valence-corrected chi connectivity index (χ4v) is 2.40. The van der Waals surface area contributed by atoms with Crippen LogP contribution in [0.4, 0.5) is 13.2 Å². The molecule has 0 amide bonds. The molecule has 0 heterocycles. The lowest BCUT2D eigenvalue weighted by molar-refractivity contribution is -0.137. The Bertz CT molecular complexity index is 409. The van der Waals surface area contributed by atoms with Crippen LogP contribution in [0.2, 0.25) is 0 Å². The zero-order valence-electron chi connectivity index (χ0n) is 13.3. The van der Waals surface area contributed by atoms with Gasteiger partial charge in [0.1, 0.15) is 0 Å². The normalized spacial score (nSPS) is 15.2. The van der Waals surface area contributed by atoms with Crippen molar-refractivity contribution in [3.05, 3.63) is 35.4 Å². The van der Waals surface area contributed by atoms with Gasteiger partial charge < -0.3 is 5.32 Å². The third-order valence-electron chi connectivity index (χ3n) is 3.69. The van der Waals surface area contributed by atoms with Crippen LogP contribution in [-0.4, -0.2) is 6.04 Å². The second kappa shape index (κ2) is 7.83. The van der Waals surface area contributed by atoms with E-state index in [1.54, 1.807) is 12.1 Å². The van der Waals surface area contributed by atoms with Gasteiger partial charge in [0.05, 0.1) is 5.56 Å². The Morgan fingerprint density at radius 1 is 0.952 bits per heavy atom. The lowest BCUT2D eigenvalue weighted by Gasteiger charge is -2.21. The first-order valence-corrected chi connectivity index (χ1v) is 7.63.